The Morgan fingerprint density at radius 1 is 1.56 bits per heavy atom. The molecule has 3 nitrogen and oxygen atoms in total. The van der Waals surface area contributed by atoms with Crippen molar-refractivity contribution < 1.29 is 4.79 Å². The van der Waals surface area contributed by atoms with Crippen molar-refractivity contribution in [2.45, 2.75) is 19.7 Å². The average molecular weight is 127 g/mol. The van der Waals surface area contributed by atoms with Crippen LogP contribution in [0.4, 0.5) is 0 Å². The summed E-state index contributed by atoms with van der Waals surface area (Å²) in [5, 5.41) is 0. The van der Waals surface area contributed by atoms with Crippen LogP contribution in [0.5, 0.6) is 0 Å². The summed E-state index contributed by atoms with van der Waals surface area (Å²) in [5.41, 5.74) is 10.1. The highest BCUT2D eigenvalue weighted by atomic mass is 16.1. The van der Waals surface area contributed by atoms with Gasteiger partial charge in [0.25, 0.3) is 0 Å². The average Bonchev–Trinajstić information content (AvgIpc) is 1.64. The minimum absolute atomic E-state index is 0.201. The normalized spacial score (nSPS) is 13.3. The van der Waals surface area contributed by atoms with E-state index in [9.17, 15) is 4.79 Å². The highest BCUT2D eigenvalue weighted by molar-refractivity contribution is 6.40. The lowest BCUT2D eigenvalue weighted by atomic mass is 9.70. The lowest BCUT2D eigenvalue weighted by Crippen LogP contribution is -2.31. The molecule has 0 aromatic heterocycles. The molecule has 0 aliphatic carbocycles. The van der Waals surface area contributed by atoms with E-state index >= 15 is 0 Å². The fraction of sp³-hybridized carbons (Fsp3) is 0.800. The van der Waals surface area contributed by atoms with Crippen LogP contribution >= 0.6 is 0 Å². The Labute approximate surface area is 56.1 Å². The summed E-state index contributed by atoms with van der Waals surface area (Å²) in [6.45, 7) is 3.80. The van der Waals surface area contributed by atoms with Gasteiger partial charge in [-0.25, -0.2) is 0 Å². The van der Waals surface area contributed by atoms with Crippen molar-refractivity contribution in [3.8, 4) is 0 Å². The monoisotopic (exact) mass is 127 g/mol. The Bertz CT molecular complexity index is 105. The third-order valence-corrected chi connectivity index (χ3v) is 1.25. The predicted octanol–water partition coefficient (Wildman–Crippen LogP) is -0.506. The van der Waals surface area contributed by atoms with Crippen molar-refractivity contribution >= 4 is 13.3 Å². The molecule has 1 radical (unpaired) electrons. The van der Waals surface area contributed by atoms with Crippen LogP contribution < -0.4 is 11.4 Å². The molecule has 51 valence electrons. The maximum Gasteiger partial charge on any atom is 0.216 e. The first-order chi connectivity index (χ1) is 4.09. The van der Waals surface area contributed by atoms with E-state index in [2.05, 4.69) is 0 Å². The number of hydrogen-bond donors (Lipinski definition) is 2. The van der Waals surface area contributed by atoms with Crippen LogP contribution in [0.25, 0.3) is 0 Å². The van der Waals surface area contributed by atoms with Gasteiger partial charge in [-0.15, -0.1) is 0 Å². The molecule has 4 heteroatoms. The zero-order chi connectivity index (χ0) is 7.44. The maximum absolute atomic E-state index is 10.5. The molecule has 0 aromatic carbocycles. The Hall–Kier alpha value is -0.505. The second-order valence-electron chi connectivity index (χ2n) is 2.36. The van der Waals surface area contributed by atoms with Gasteiger partial charge < -0.3 is 11.4 Å². The summed E-state index contributed by atoms with van der Waals surface area (Å²) in [6.07, 6.45) is 0. The molecule has 0 aliphatic heterocycles. The predicted molar refractivity (Wildman–Crippen MR) is 37.7 cm³/mol. The van der Waals surface area contributed by atoms with Crippen molar-refractivity contribution in [1.29, 1.82) is 0 Å². The summed E-state index contributed by atoms with van der Waals surface area (Å²) in [5.74, 6) is -0.440. The summed E-state index contributed by atoms with van der Waals surface area (Å²) in [7, 11) is 1.34. The molecule has 1 unspecified atom stereocenters. The fourth-order valence-corrected chi connectivity index (χ4v) is 0.646. The summed E-state index contributed by atoms with van der Waals surface area (Å²) < 4.78 is 0. The first kappa shape index (κ1) is 8.49. The number of primary amides is 1. The summed E-state index contributed by atoms with van der Waals surface area (Å²) in [6, 6.07) is 0. The van der Waals surface area contributed by atoms with Gasteiger partial charge in [-0.2, -0.15) is 0 Å². The minimum Gasteiger partial charge on any atom is -0.374 e. The maximum atomic E-state index is 10.5. The SMILES string of the molecule is CC(C)C([B]N)C(N)=O. The van der Waals surface area contributed by atoms with E-state index in [1.165, 1.54) is 7.41 Å². The molecule has 0 fully saturated rings. The van der Waals surface area contributed by atoms with E-state index in [-0.39, 0.29) is 17.6 Å². The molecule has 4 N–H and O–H groups in total. The van der Waals surface area contributed by atoms with Crippen LogP contribution in [-0.4, -0.2) is 13.3 Å². The Kier molecular flexibility index (Phi) is 3.31. The smallest absolute Gasteiger partial charge is 0.216 e. The van der Waals surface area contributed by atoms with E-state index in [0.29, 0.717) is 0 Å². The van der Waals surface area contributed by atoms with E-state index in [1.807, 2.05) is 13.8 Å². The Morgan fingerprint density at radius 2 is 2.00 bits per heavy atom. The summed E-state index contributed by atoms with van der Waals surface area (Å²) >= 11 is 0. The lowest BCUT2D eigenvalue weighted by molar-refractivity contribution is -0.118. The van der Waals surface area contributed by atoms with Crippen LogP contribution in [0.3, 0.4) is 0 Å². The molecule has 1 atom stereocenters. The molecule has 0 heterocycles. The van der Waals surface area contributed by atoms with Crippen molar-refractivity contribution in [2.24, 2.45) is 17.3 Å². The van der Waals surface area contributed by atoms with Crippen molar-refractivity contribution in [3.05, 3.63) is 0 Å². The van der Waals surface area contributed by atoms with Gasteiger partial charge in [-0.3, -0.25) is 4.79 Å². The molecule has 1 amide bonds. The van der Waals surface area contributed by atoms with Crippen molar-refractivity contribution in [1.82, 2.24) is 0 Å². The van der Waals surface area contributed by atoms with E-state index < -0.39 is 0 Å². The van der Waals surface area contributed by atoms with Gasteiger partial charge in [0.2, 0.25) is 13.3 Å². The molecule has 0 aliphatic rings. The molecule has 0 saturated heterocycles. The largest absolute Gasteiger partial charge is 0.374 e. The fourth-order valence-electron chi connectivity index (χ4n) is 0.646. The highest BCUT2D eigenvalue weighted by Crippen LogP contribution is 2.12. The van der Waals surface area contributed by atoms with Crippen molar-refractivity contribution in [2.75, 3.05) is 0 Å². The Morgan fingerprint density at radius 3 is 2.00 bits per heavy atom. The first-order valence-corrected chi connectivity index (χ1v) is 2.94. The number of nitrogens with two attached hydrogens (primary N) is 2. The van der Waals surface area contributed by atoms with Crippen LogP contribution in [0, 0.1) is 5.92 Å². The molecular weight excluding hydrogens is 115 g/mol. The highest BCUT2D eigenvalue weighted by Gasteiger charge is 2.17. The topological polar surface area (TPSA) is 69.1 Å². The third kappa shape index (κ3) is 2.51. The zero-order valence-electron chi connectivity index (χ0n) is 5.79. The van der Waals surface area contributed by atoms with Gasteiger partial charge in [0, 0.05) is 5.82 Å². The third-order valence-electron chi connectivity index (χ3n) is 1.25. The van der Waals surface area contributed by atoms with Gasteiger partial charge in [0.15, 0.2) is 0 Å². The van der Waals surface area contributed by atoms with Crippen LogP contribution in [-0.2, 0) is 4.79 Å². The molecule has 0 bridgehead atoms. The second-order valence-corrected chi connectivity index (χ2v) is 2.36. The quantitative estimate of drug-likeness (QED) is 0.501. The molecule has 0 aromatic rings. The molecule has 9 heavy (non-hydrogen) atoms. The number of carbonyl (C=O) groups is 1. The van der Waals surface area contributed by atoms with Gasteiger partial charge in [0.05, 0.1) is 0 Å². The number of carbonyl (C=O) groups excluding carboxylic acids is 1. The second kappa shape index (κ2) is 3.51. The lowest BCUT2D eigenvalue weighted by Gasteiger charge is -2.12. The molecule has 0 rings (SSSR count). The van der Waals surface area contributed by atoms with E-state index in [4.69, 9.17) is 11.4 Å². The van der Waals surface area contributed by atoms with Gasteiger partial charge >= 0.3 is 0 Å². The number of hydrogen-bond acceptors (Lipinski definition) is 2. The van der Waals surface area contributed by atoms with Gasteiger partial charge in [-0.05, 0) is 5.92 Å². The zero-order valence-corrected chi connectivity index (χ0v) is 5.79. The molecular formula is C5H12BN2O. The van der Waals surface area contributed by atoms with Crippen molar-refractivity contribution in [3.63, 3.8) is 0 Å². The van der Waals surface area contributed by atoms with Gasteiger partial charge in [0.1, 0.15) is 0 Å². The van der Waals surface area contributed by atoms with Crippen LogP contribution in [0.15, 0.2) is 0 Å². The summed E-state index contributed by atoms with van der Waals surface area (Å²) in [4.78, 5) is 10.5. The number of rotatable bonds is 3. The van der Waals surface area contributed by atoms with E-state index in [1.54, 1.807) is 0 Å². The standard InChI is InChI=1S/C5H12BN2O/c1-3(2)4(6-8)5(7)9/h3-4H,8H2,1-2H3,(H2,7,9). The molecule has 0 saturated carbocycles. The van der Waals surface area contributed by atoms with Gasteiger partial charge in [-0.1, -0.05) is 13.8 Å². The first-order valence-electron chi connectivity index (χ1n) is 2.94. The Balaban J connectivity index is 3.83. The minimum atomic E-state index is -0.354. The van der Waals surface area contributed by atoms with E-state index in [0.717, 1.165) is 0 Å². The molecule has 0 spiro atoms. The number of amides is 1. The van der Waals surface area contributed by atoms with Crippen LogP contribution in [0.1, 0.15) is 13.8 Å². The van der Waals surface area contributed by atoms with Crippen LogP contribution in [0.2, 0.25) is 5.82 Å².